The Kier molecular flexibility index (Phi) is 4.42. The van der Waals surface area contributed by atoms with E-state index in [-0.39, 0.29) is 0 Å². The van der Waals surface area contributed by atoms with E-state index in [2.05, 4.69) is 33.7 Å². The molecule has 1 unspecified atom stereocenters. The third-order valence-corrected chi connectivity index (χ3v) is 3.49. The van der Waals surface area contributed by atoms with Gasteiger partial charge in [0.1, 0.15) is 0 Å². The van der Waals surface area contributed by atoms with Crippen molar-refractivity contribution < 1.29 is 0 Å². The summed E-state index contributed by atoms with van der Waals surface area (Å²) in [6.45, 7) is 5.55. The summed E-state index contributed by atoms with van der Waals surface area (Å²) in [5, 5.41) is 3.54. The number of rotatable bonds is 5. The quantitative estimate of drug-likeness (QED) is 0.791. The topological polar surface area (TPSA) is 33.1 Å². The van der Waals surface area contributed by atoms with Gasteiger partial charge in [0, 0.05) is 38.6 Å². The van der Waals surface area contributed by atoms with Crippen LogP contribution < -0.4 is 10.2 Å². The molecule has 1 aliphatic heterocycles. The van der Waals surface area contributed by atoms with Gasteiger partial charge in [0.05, 0.1) is 0 Å². The van der Waals surface area contributed by atoms with E-state index >= 15 is 0 Å². The summed E-state index contributed by atoms with van der Waals surface area (Å²) >= 11 is 0. The van der Waals surface area contributed by atoms with Gasteiger partial charge < -0.3 is 14.8 Å². The van der Waals surface area contributed by atoms with Crippen molar-refractivity contribution in [3.05, 3.63) is 12.4 Å². The van der Waals surface area contributed by atoms with Crippen molar-refractivity contribution in [2.24, 2.45) is 7.05 Å². The van der Waals surface area contributed by atoms with Crippen LogP contribution in [0.5, 0.6) is 0 Å². The number of hydrogen-bond acceptors (Lipinski definition) is 3. The predicted molar refractivity (Wildman–Crippen MR) is 71.4 cm³/mol. The minimum absolute atomic E-state index is 0.608. The molecule has 1 N–H and O–H groups in total. The number of piperidine rings is 1. The number of hydrogen-bond donors (Lipinski definition) is 1. The second kappa shape index (κ2) is 6.05. The SMILES string of the molecule is CCCNCC1CCCCN1c1nccn1C. The fourth-order valence-electron chi connectivity index (χ4n) is 2.56. The normalized spacial score (nSPS) is 20.8. The van der Waals surface area contributed by atoms with E-state index < -0.39 is 0 Å². The molecule has 2 rings (SSSR count). The monoisotopic (exact) mass is 236 g/mol. The van der Waals surface area contributed by atoms with E-state index in [1.54, 1.807) is 0 Å². The fourth-order valence-corrected chi connectivity index (χ4v) is 2.56. The highest BCUT2D eigenvalue weighted by Gasteiger charge is 2.24. The van der Waals surface area contributed by atoms with Crippen LogP contribution >= 0.6 is 0 Å². The van der Waals surface area contributed by atoms with Crippen molar-refractivity contribution in [3.8, 4) is 0 Å². The molecule has 4 heteroatoms. The Balaban J connectivity index is 1.99. The van der Waals surface area contributed by atoms with Crippen LogP contribution in [-0.4, -0.2) is 35.2 Å². The minimum atomic E-state index is 0.608. The van der Waals surface area contributed by atoms with Crippen molar-refractivity contribution in [2.75, 3.05) is 24.5 Å². The van der Waals surface area contributed by atoms with Crippen LogP contribution in [0.4, 0.5) is 5.95 Å². The van der Waals surface area contributed by atoms with Crippen LogP contribution in [0.15, 0.2) is 12.4 Å². The van der Waals surface area contributed by atoms with Gasteiger partial charge in [0.15, 0.2) is 0 Å². The average Bonchev–Trinajstić information content (AvgIpc) is 2.76. The highest BCUT2D eigenvalue weighted by atomic mass is 15.3. The van der Waals surface area contributed by atoms with Crippen molar-refractivity contribution in [3.63, 3.8) is 0 Å². The molecule has 0 amide bonds. The van der Waals surface area contributed by atoms with Gasteiger partial charge in [0.2, 0.25) is 5.95 Å². The van der Waals surface area contributed by atoms with Gasteiger partial charge in [-0.25, -0.2) is 4.98 Å². The number of aromatic nitrogens is 2. The first-order valence-corrected chi connectivity index (χ1v) is 6.77. The largest absolute Gasteiger partial charge is 0.338 e. The smallest absolute Gasteiger partial charge is 0.205 e. The van der Waals surface area contributed by atoms with Crippen LogP contribution in [0, 0.1) is 0 Å². The first-order chi connectivity index (χ1) is 8.33. The maximum atomic E-state index is 4.48. The molecule has 1 aromatic heterocycles. The number of imidazole rings is 1. The Hall–Kier alpha value is -1.03. The summed E-state index contributed by atoms with van der Waals surface area (Å²) in [6, 6.07) is 0.608. The zero-order valence-electron chi connectivity index (χ0n) is 11.0. The lowest BCUT2D eigenvalue weighted by molar-refractivity contribution is 0.427. The highest BCUT2D eigenvalue weighted by Crippen LogP contribution is 2.22. The van der Waals surface area contributed by atoms with E-state index in [1.165, 1.54) is 25.7 Å². The summed E-state index contributed by atoms with van der Waals surface area (Å²) < 4.78 is 2.12. The minimum Gasteiger partial charge on any atom is -0.338 e. The molecule has 0 aliphatic carbocycles. The Morgan fingerprint density at radius 3 is 3.06 bits per heavy atom. The molecule has 1 fully saturated rings. The summed E-state index contributed by atoms with van der Waals surface area (Å²) in [7, 11) is 2.08. The molecule has 0 bridgehead atoms. The molecule has 1 aliphatic rings. The Morgan fingerprint density at radius 2 is 2.35 bits per heavy atom. The molecule has 0 radical (unpaired) electrons. The van der Waals surface area contributed by atoms with Gasteiger partial charge >= 0.3 is 0 Å². The number of anilines is 1. The molecule has 4 nitrogen and oxygen atoms in total. The standard InChI is InChI=1S/C13H24N4/c1-3-7-14-11-12-6-4-5-9-17(12)13-15-8-10-16(13)2/h8,10,12,14H,3-7,9,11H2,1-2H3. The van der Waals surface area contributed by atoms with Crippen LogP contribution in [0.3, 0.4) is 0 Å². The van der Waals surface area contributed by atoms with Crippen molar-refractivity contribution in [1.82, 2.24) is 14.9 Å². The van der Waals surface area contributed by atoms with Gasteiger partial charge in [-0.2, -0.15) is 0 Å². The lowest BCUT2D eigenvalue weighted by Crippen LogP contribution is -2.46. The Bertz CT molecular complexity index is 334. The van der Waals surface area contributed by atoms with E-state index in [0.29, 0.717) is 6.04 Å². The third kappa shape index (κ3) is 3.00. The van der Waals surface area contributed by atoms with E-state index in [1.807, 2.05) is 12.4 Å². The molecule has 0 spiro atoms. The number of nitrogens with zero attached hydrogens (tertiary/aromatic N) is 3. The van der Waals surface area contributed by atoms with Crippen LogP contribution in [0.1, 0.15) is 32.6 Å². The fraction of sp³-hybridized carbons (Fsp3) is 0.769. The molecular weight excluding hydrogens is 212 g/mol. The van der Waals surface area contributed by atoms with E-state index in [4.69, 9.17) is 0 Å². The van der Waals surface area contributed by atoms with Gasteiger partial charge in [-0.05, 0) is 32.2 Å². The van der Waals surface area contributed by atoms with Gasteiger partial charge in [-0.3, -0.25) is 0 Å². The van der Waals surface area contributed by atoms with Crippen LogP contribution in [0.2, 0.25) is 0 Å². The molecule has 0 aromatic carbocycles. The molecule has 1 aromatic rings. The Morgan fingerprint density at radius 1 is 1.47 bits per heavy atom. The van der Waals surface area contributed by atoms with Crippen LogP contribution in [-0.2, 0) is 7.05 Å². The zero-order valence-corrected chi connectivity index (χ0v) is 11.0. The van der Waals surface area contributed by atoms with E-state index in [0.717, 1.165) is 25.6 Å². The first-order valence-electron chi connectivity index (χ1n) is 6.77. The summed E-state index contributed by atoms with van der Waals surface area (Å²) in [6.07, 6.45) is 9.04. The molecule has 96 valence electrons. The third-order valence-electron chi connectivity index (χ3n) is 3.49. The van der Waals surface area contributed by atoms with Crippen LogP contribution in [0.25, 0.3) is 0 Å². The molecule has 2 heterocycles. The van der Waals surface area contributed by atoms with Gasteiger partial charge in [0.25, 0.3) is 0 Å². The maximum absolute atomic E-state index is 4.48. The molecule has 1 atom stereocenters. The van der Waals surface area contributed by atoms with Crippen molar-refractivity contribution in [2.45, 2.75) is 38.6 Å². The van der Waals surface area contributed by atoms with Gasteiger partial charge in [-0.1, -0.05) is 6.92 Å². The first kappa shape index (κ1) is 12.4. The van der Waals surface area contributed by atoms with Crippen molar-refractivity contribution >= 4 is 5.95 Å². The van der Waals surface area contributed by atoms with Crippen molar-refractivity contribution in [1.29, 1.82) is 0 Å². The lowest BCUT2D eigenvalue weighted by atomic mass is 10.0. The average molecular weight is 236 g/mol. The van der Waals surface area contributed by atoms with Gasteiger partial charge in [-0.15, -0.1) is 0 Å². The molecule has 17 heavy (non-hydrogen) atoms. The number of nitrogens with one attached hydrogen (secondary N) is 1. The molecule has 1 saturated heterocycles. The lowest BCUT2D eigenvalue weighted by Gasteiger charge is -2.36. The predicted octanol–water partition coefficient (Wildman–Crippen LogP) is 1.78. The molecule has 0 saturated carbocycles. The Labute approximate surface area is 104 Å². The highest BCUT2D eigenvalue weighted by molar-refractivity contribution is 5.33. The number of aryl methyl sites for hydroxylation is 1. The summed E-state index contributed by atoms with van der Waals surface area (Å²) in [4.78, 5) is 6.94. The van der Waals surface area contributed by atoms with E-state index in [9.17, 15) is 0 Å². The summed E-state index contributed by atoms with van der Waals surface area (Å²) in [5.41, 5.74) is 0. The molecular formula is C13H24N4. The maximum Gasteiger partial charge on any atom is 0.205 e. The summed E-state index contributed by atoms with van der Waals surface area (Å²) in [5.74, 6) is 1.12. The second-order valence-electron chi connectivity index (χ2n) is 4.89. The second-order valence-corrected chi connectivity index (χ2v) is 4.89. The zero-order chi connectivity index (χ0) is 12.1.